The fourth-order valence-electron chi connectivity index (χ4n) is 2.93. The normalized spacial score (nSPS) is 10.6. The first-order chi connectivity index (χ1) is 13.1. The van der Waals surface area contributed by atoms with Crippen LogP contribution in [0.1, 0.15) is 46.9 Å². The first-order valence-corrected chi connectivity index (χ1v) is 9.14. The van der Waals surface area contributed by atoms with Gasteiger partial charge in [0, 0.05) is 11.4 Å². The molecule has 6 nitrogen and oxygen atoms in total. The van der Waals surface area contributed by atoms with Crippen LogP contribution < -0.4 is 10.6 Å². The Labute approximate surface area is 159 Å². The molecule has 0 saturated heterocycles. The lowest BCUT2D eigenvalue weighted by atomic mass is 10.0. The van der Waals surface area contributed by atoms with Gasteiger partial charge in [0.05, 0.1) is 12.8 Å². The van der Waals surface area contributed by atoms with Crippen LogP contribution in [0.5, 0.6) is 0 Å². The summed E-state index contributed by atoms with van der Waals surface area (Å²) < 4.78 is 5.24. The second kappa shape index (κ2) is 8.49. The van der Waals surface area contributed by atoms with Crippen LogP contribution >= 0.6 is 0 Å². The Kier molecular flexibility index (Phi) is 5.86. The van der Waals surface area contributed by atoms with Crippen LogP contribution in [0.15, 0.2) is 47.1 Å². The predicted octanol–water partition coefficient (Wildman–Crippen LogP) is 4.18. The van der Waals surface area contributed by atoms with E-state index in [1.54, 1.807) is 18.4 Å². The van der Waals surface area contributed by atoms with Crippen LogP contribution in [-0.2, 0) is 19.4 Å². The van der Waals surface area contributed by atoms with Gasteiger partial charge in [-0.15, -0.1) is 0 Å². The van der Waals surface area contributed by atoms with Gasteiger partial charge in [0.15, 0.2) is 0 Å². The second-order valence-corrected chi connectivity index (χ2v) is 6.26. The molecule has 27 heavy (non-hydrogen) atoms. The number of carbonyl (C=O) groups excluding carboxylic acids is 1. The highest BCUT2D eigenvalue weighted by atomic mass is 16.3. The lowest BCUT2D eigenvalue weighted by molar-refractivity contribution is 0.0943. The molecule has 0 spiro atoms. The van der Waals surface area contributed by atoms with E-state index in [2.05, 4.69) is 52.6 Å². The number of furan rings is 1. The van der Waals surface area contributed by atoms with Crippen molar-refractivity contribution in [3.05, 3.63) is 70.9 Å². The number of nitrogens with one attached hydrogen (secondary N) is 2. The number of anilines is 2. The molecule has 0 bridgehead atoms. The highest BCUT2D eigenvalue weighted by Gasteiger charge is 2.13. The topological polar surface area (TPSA) is 80.0 Å². The monoisotopic (exact) mass is 364 g/mol. The van der Waals surface area contributed by atoms with E-state index in [9.17, 15) is 4.79 Å². The van der Waals surface area contributed by atoms with E-state index in [4.69, 9.17) is 4.42 Å². The molecule has 2 aromatic heterocycles. The van der Waals surface area contributed by atoms with Gasteiger partial charge in [-0.3, -0.25) is 4.79 Å². The van der Waals surface area contributed by atoms with Crippen molar-refractivity contribution in [3.8, 4) is 0 Å². The molecule has 2 heterocycles. The minimum Gasteiger partial charge on any atom is -0.467 e. The van der Waals surface area contributed by atoms with E-state index in [1.807, 2.05) is 13.0 Å². The largest absolute Gasteiger partial charge is 0.467 e. The zero-order chi connectivity index (χ0) is 19.2. The first-order valence-electron chi connectivity index (χ1n) is 9.14. The smallest absolute Gasteiger partial charge is 0.270 e. The van der Waals surface area contributed by atoms with Crippen LogP contribution in [-0.4, -0.2) is 15.9 Å². The number of amides is 1. The van der Waals surface area contributed by atoms with Crippen molar-refractivity contribution < 1.29 is 9.21 Å². The van der Waals surface area contributed by atoms with Crippen molar-refractivity contribution in [1.29, 1.82) is 0 Å². The molecule has 0 aliphatic rings. The van der Waals surface area contributed by atoms with Gasteiger partial charge in [0.2, 0.25) is 5.95 Å². The number of hydrogen-bond acceptors (Lipinski definition) is 5. The van der Waals surface area contributed by atoms with Crippen molar-refractivity contribution in [2.75, 3.05) is 5.32 Å². The Hall–Kier alpha value is -3.15. The number of nitrogens with zero attached hydrogens (tertiary/aromatic N) is 2. The van der Waals surface area contributed by atoms with E-state index < -0.39 is 0 Å². The molecule has 0 atom stereocenters. The molecule has 2 N–H and O–H groups in total. The molecule has 1 aromatic carbocycles. The molecule has 0 saturated carbocycles. The summed E-state index contributed by atoms with van der Waals surface area (Å²) >= 11 is 0. The van der Waals surface area contributed by atoms with Crippen LogP contribution in [0.25, 0.3) is 0 Å². The molecule has 0 unspecified atom stereocenters. The molecular formula is C21H24N4O2. The van der Waals surface area contributed by atoms with Gasteiger partial charge in [-0.2, -0.15) is 0 Å². The molecular weight excluding hydrogens is 340 g/mol. The molecule has 140 valence electrons. The number of aromatic nitrogens is 2. The lowest BCUT2D eigenvalue weighted by Gasteiger charge is -2.15. The summed E-state index contributed by atoms with van der Waals surface area (Å²) in [6.07, 6.45) is 3.38. The number of aryl methyl sites for hydroxylation is 3. The van der Waals surface area contributed by atoms with Crippen LogP contribution in [0.3, 0.4) is 0 Å². The lowest BCUT2D eigenvalue weighted by Crippen LogP contribution is -2.24. The Morgan fingerprint density at radius 1 is 1.07 bits per heavy atom. The Balaban J connectivity index is 1.82. The van der Waals surface area contributed by atoms with Crippen molar-refractivity contribution in [2.24, 2.45) is 0 Å². The van der Waals surface area contributed by atoms with E-state index in [1.165, 1.54) is 11.1 Å². The number of para-hydroxylation sites is 1. The fraction of sp³-hybridized carbons (Fsp3) is 0.286. The molecule has 0 aliphatic carbocycles. The number of rotatable bonds is 7. The van der Waals surface area contributed by atoms with Gasteiger partial charge in [-0.25, -0.2) is 9.97 Å². The van der Waals surface area contributed by atoms with E-state index in [0.29, 0.717) is 23.9 Å². The highest BCUT2D eigenvalue weighted by Crippen LogP contribution is 2.25. The first kappa shape index (κ1) is 18.6. The Morgan fingerprint density at radius 2 is 1.81 bits per heavy atom. The fourth-order valence-corrected chi connectivity index (χ4v) is 2.93. The average Bonchev–Trinajstić information content (AvgIpc) is 3.19. The summed E-state index contributed by atoms with van der Waals surface area (Å²) in [6.45, 7) is 6.40. The quantitative estimate of drug-likeness (QED) is 0.657. The van der Waals surface area contributed by atoms with Gasteiger partial charge >= 0.3 is 0 Å². The maximum Gasteiger partial charge on any atom is 0.270 e. The maximum absolute atomic E-state index is 12.5. The van der Waals surface area contributed by atoms with Gasteiger partial charge in [0.1, 0.15) is 11.5 Å². The van der Waals surface area contributed by atoms with Crippen molar-refractivity contribution in [2.45, 2.75) is 40.2 Å². The van der Waals surface area contributed by atoms with Gasteiger partial charge in [-0.05, 0) is 49.1 Å². The minimum absolute atomic E-state index is 0.264. The summed E-state index contributed by atoms with van der Waals surface area (Å²) in [5.74, 6) is 0.852. The molecule has 3 aromatic rings. The average molecular weight is 364 g/mol. The van der Waals surface area contributed by atoms with Gasteiger partial charge in [0.25, 0.3) is 5.91 Å². The zero-order valence-electron chi connectivity index (χ0n) is 15.9. The standard InChI is InChI=1S/C21H24N4O2/c1-4-15-8-6-9-16(5-2)19(15)25-21-23-14(3)12-18(24-21)20(26)22-13-17-10-7-11-27-17/h6-12H,4-5,13H2,1-3H3,(H,22,26)(H,23,24,25). The molecule has 0 fully saturated rings. The van der Waals surface area contributed by atoms with Crippen LogP contribution in [0, 0.1) is 6.92 Å². The third-order valence-corrected chi connectivity index (χ3v) is 4.33. The third-order valence-electron chi connectivity index (χ3n) is 4.33. The molecule has 1 amide bonds. The van der Waals surface area contributed by atoms with E-state index in [0.717, 1.165) is 24.2 Å². The van der Waals surface area contributed by atoms with Crippen LogP contribution in [0.2, 0.25) is 0 Å². The summed E-state index contributed by atoms with van der Waals surface area (Å²) in [5.41, 5.74) is 4.47. The highest BCUT2D eigenvalue weighted by molar-refractivity contribution is 5.92. The second-order valence-electron chi connectivity index (χ2n) is 6.26. The summed E-state index contributed by atoms with van der Waals surface area (Å²) in [6, 6.07) is 11.5. The van der Waals surface area contributed by atoms with E-state index >= 15 is 0 Å². The zero-order valence-corrected chi connectivity index (χ0v) is 15.9. The maximum atomic E-state index is 12.5. The molecule has 6 heteroatoms. The Bertz CT molecular complexity index is 898. The number of benzene rings is 1. The van der Waals surface area contributed by atoms with E-state index in [-0.39, 0.29) is 5.91 Å². The summed E-state index contributed by atoms with van der Waals surface area (Å²) in [5, 5.41) is 6.14. The van der Waals surface area contributed by atoms with Crippen molar-refractivity contribution in [1.82, 2.24) is 15.3 Å². The van der Waals surface area contributed by atoms with Gasteiger partial charge in [-0.1, -0.05) is 32.0 Å². The molecule has 3 rings (SSSR count). The SMILES string of the molecule is CCc1cccc(CC)c1Nc1nc(C)cc(C(=O)NCc2ccco2)n1. The summed E-state index contributed by atoms with van der Waals surface area (Å²) in [7, 11) is 0. The third kappa shape index (κ3) is 4.53. The van der Waals surface area contributed by atoms with Crippen LogP contribution in [0.4, 0.5) is 11.6 Å². The van der Waals surface area contributed by atoms with Crippen molar-refractivity contribution >= 4 is 17.5 Å². The minimum atomic E-state index is -0.264. The number of carbonyl (C=O) groups is 1. The Morgan fingerprint density at radius 3 is 2.44 bits per heavy atom. The van der Waals surface area contributed by atoms with Gasteiger partial charge < -0.3 is 15.1 Å². The van der Waals surface area contributed by atoms with Crippen molar-refractivity contribution in [3.63, 3.8) is 0 Å². The molecule has 0 aliphatic heterocycles. The number of hydrogen-bond donors (Lipinski definition) is 2. The summed E-state index contributed by atoms with van der Waals surface area (Å²) in [4.78, 5) is 21.3. The molecule has 0 radical (unpaired) electrons. The predicted molar refractivity (Wildman–Crippen MR) is 105 cm³/mol.